The zero-order chi connectivity index (χ0) is 12.3. The van der Waals surface area contributed by atoms with Gasteiger partial charge in [0.05, 0.1) is 4.92 Å². The lowest BCUT2D eigenvalue weighted by molar-refractivity contribution is -0.485. The quantitative estimate of drug-likeness (QED) is 0.462. The third-order valence-electron chi connectivity index (χ3n) is 2.11. The second-order valence-electron chi connectivity index (χ2n) is 3.49. The van der Waals surface area contributed by atoms with E-state index in [-0.39, 0.29) is 5.69 Å². The Morgan fingerprint density at radius 3 is 2.12 bits per heavy atom. The predicted molar refractivity (Wildman–Crippen MR) is 58.2 cm³/mol. The molecule has 0 N–H and O–H groups in total. The van der Waals surface area contributed by atoms with Crippen molar-refractivity contribution < 1.29 is 9.85 Å². The number of benzene rings is 1. The minimum absolute atomic E-state index is 0.0719. The molecule has 0 aromatic heterocycles. The standard InChI is InChI=1S/C9H9ClN2O4/c1-9(10,6-11(13)14)7-2-4-8(5-3-7)12(15)16/h2-5H,6H2,1H3. The van der Waals surface area contributed by atoms with Crippen molar-refractivity contribution in [3.8, 4) is 0 Å². The van der Waals surface area contributed by atoms with Gasteiger partial charge >= 0.3 is 0 Å². The van der Waals surface area contributed by atoms with Gasteiger partial charge in [-0.3, -0.25) is 20.2 Å². The van der Waals surface area contributed by atoms with Crippen LogP contribution in [0.25, 0.3) is 0 Å². The van der Waals surface area contributed by atoms with Crippen LogP contribution in [0.5, 0.6) is 0 Å². The van der Waals surface area contributed by atoms with E-state index in [1.807, 2.05) is 0 Å². The van der Waals surface area contributed by atoms with Crippen molar-refractivity contribution in [1.82, 2.24) is 0 Å². The molecule has 86 valence electrons. The van der Waals surface area contributed by atoms with Crippen molar-refractivity contribution in [1.29, 1.82) is 0 Å². The molecule has 0 bridgehead atoms. The molecule has 16 heavy (non-hydrogen) atoms. The van der Waals surface area contributed by atoms with Crippen molar-refractivity contribution in [3.63, 3.8) is 0 Å². The molecule has 0 heterocycles. The van der Waals surface area contributed by atoms with Gasteiger partial charge in [0.15, 0.2) is 0 Å². The largest absolute Gasteiger partial charge is 0.269 e. The Kier molecular flexibility index (Phi) is 3.44. The number of hydrogen-bond donors (Lipinski definition) is 0. The average molecular weight is 245 g/mol. The Morgan fingerprint density at radius 2 is 1.75 bits per heavy atom. The molecule has 0 saturated carbocycles. The Hall–Kier alpha value is -1.69. The molecule has 0 fully saturated rings. The molecule has 1 rings (SSSR count). The van der Waals surface area contributed by atoms with Crippen molar-refractivity contribution in [2.45, 2.75) is 11.8 Å². The SMILES string of the molecule is CC(Cl)(C[N+](=O)[O-])c1ccc([N+](=O)[O-])cc1. The van der Waals surface area contributed by atoms with Crippen LogP contribution in [0.2, 0.25) is 0 Å². The number of halogens is 1. The smallest absolute Gasteiger partial charge is 0.264 e. The predicted octanol–water partition coefficient (Wildman–Crippen LogP) is 2.33. The van der Waals surface area contributed by atoms with Crippen LogP contribution in [0.4, 0.5) is 5.69 Å². The van der Waals surface area contributed by atoms with Crippen LogP contribution in [0, 0.1) is 20.2 Å². The van der Waals surface area contributed by atoms with Gasteiger partial charge < -0.3 is 0 Å². The summed E-state index contributed by atoms with van der Waals surface area (Å²) in [5, 5.41) is 20.8. The maximum atomic E-state index is 10.4. The molecule has 0 spiro atoms. The number of nitro benzene ring substituents is 1. The van der Waals surface area contributed by atoms with E-state index in [1.165, 1.54) is 31.2 Å². The molecule has 0 saturated heterocycles. The lowest BCUT2D eigenvalue weighted by atomic mass is 10.0. The number of non-ortho nitro benzene ring substituents is 1. The second-order valence-corrected chi connectivity index (χ2v) is 4.33. The molecular weight excluding hydrogens is 236 g/mol. The molecule has 1 aromatic carbocycles. The second kappa shape index (κ2) is 4.44. The monoisotopic (exact) mass is 244 g/mol. The van der Waals surface area contributed by atoms with Gasteiger partial charge in [0.2, 0.25) is 6.54 Å². The lowest BCUT2D eigenvalue weighted by Crippen LogP contribution is -2.24. The third-order valence-corrected chi connectivity index (χ3v) is 2.44. The third kappa shape index (κ3) is 2.90. The minimum Gasteiger partial charge on any atom is -0.264 e. The van der Waals surface area contributed by atoms with E-state index in [4.69, 9.17) is 11.6 Å². The van der Waals surface area contributed by atoms with Gasteiger partial charge in [-0.2, -0.15) is 0 Å². The van der Waals surface area contributed by atoms with Crippen LogP contribution in [0.15, 0.2) is 24.3 Å². The van der Waals surface area contributed by atoms with Gasteiger partial charge in [-0.25, -0.2) is 0 Å². The average Bonchev–Trinajstić information content (AvgIpc) is 2.16. The van der Waals surface area contributed by atoms with Crippen LogP contribution in [0.3, 0.4) is 0 Å². The fourth-order valence-electron chi connectivity index (χ4n) is 1.26. The summed E-state index contributed by atoms with van der Waals surface area (Å²) in [5.41, 5.74) is 0.411. The zero-order valence-corrected chi connectivity index (χ0v) is 9.18. The van der Waals surface area contributed by atoms with E-state index >= 15 is 0 Å². The first-order valence-electron chi connectivity index (χ1n) is 4.38. The highest BCUT2D eigenvalue weighted by Gasteiger charge is 2.30. The van der Waals surface area contributed by atoms with E-state index in [0.29, 0.717) is 5.56 Å². The Balaban J connectivity index is 2.96. The summed E-state index contributed by atoms with van der Waals surface area (Å²) >= 11 is 5.98. The number of nitrogens with zero attached hydrogens (tertiary/aromatic N) is 2. The van der Waals surface area contributed by atoms with Crippen LogP contribution < -0.4 is 0 Å². The molecule has 0 aliphatic carbocycles. The summed E-state index contributed by atoms with van der Waals surface area (Å²) in [6, 6.07) is 5.40. The summed E-state index contributed by atoms with van der Waals surface area (Å²) in [6.07, 6.45) is 0. The van der Waals surface area contributed by atoms with Crippen LogP contribution >= 0.6 is 11.6 Å². The maximum absolute atomic E-state index is 10.4. The molecule has 0 radical (unpaired) electrons. The summed E-state index contributed by atoms with van der Waals surface area (Å²) in [4.78, 5) is 18.6. The highest BCUT2D eigenvalue weighted by atomic mass is 35.5. The van der Waals surface area contributed by atoms with Crippen molar-refractivity contribution >= 4 is 17.3 Å². The molecule has 1 unspecified atom stereocenters. The number of nitro groups is 2. The van der Waals surface area contributed by atoms with Crippen LogP contribution in [-0.4, -0.2) is 16.4 Å². The van der Waals surface area contributed by atoms with Crippen molar-refractivity contribution in [3.05, 3.63) is 50.1 Å². The van der Waals surface area contributed by atoms with E-state index in [1.54, 1.807) is 0 Å². The van der Waals surface area contributed by atoms with Gasteiger partial charge in [-0.15, -0.1) is 11.6 Å². The van der Waals surface area contributed by atoms with Gasteiger partial charge in [0.1, 0.15) is 4.87 Å². The van der Waals surface area contributed by atoms with Crippen molar-refractivity contribution in [2.24, 2.45) is 0 Å². The molecule has 0 aliphatic heterocycles. The minimum atomic E-state index is -1.15. The number of alkyl halides is 1. The topological polar surface area (TPSA) is 86.3 Å². The van der Waals surface area contributed by atoms with E-state index in [2.05, 4.69) is 0 Å². The molecule has 7 heteroatoms. The Labute approximate surface area is 96.1 Å². The van der Waals surface area contributed by atoms with E-state index in [9.17, 15) is 20.2 Å². The number of rotatable bonds is 4. The summed E-state index contributed by atoms with van der Waals surface area (Å²) < 4.78 is 0. The zero-order valence-electron chi connectivity index (χ0n) is 8.42. The Bertz CT molecular complexity index is 416. The lowest BCUT2D eigenvalue weighted by Gasteiger charge is -2.17. The summed E-state index contributed by atoms with van der Waals surface area (Å²) in [7, 11) is 0. The molecule has 1 aromatic rings. The van der Waals surface area contributed by atoms with Gasteiger partial charge in [0.25, 0.3) is 5.69 Å². The molecule has 0 aliphatic rings. The van der Waals surface area contributed by atoms with E-state index < -0.39 is 21.3 Å². The first kappa shape index (κ1) is 12.4. The highest BCUT2D eigenvalue weighted by molar-refractivity contribution is 6.23. The molecule has 0 amide bonds. The molecule has 1 atom stereocenters. The summed E-state index contributed by atoms with van der Waals surface area (Å²) in [5.74, 6) is 0. The Morgan fingerprint density at radius 1 is 1.25 bits per heavy atom. The first-order valence-corrected chi connectivity index (χ1v) is 4.76. The van der Waals surface area contributed by atoms with Gasteiger partial charge in [-0.05, 0) is 12.5 Å². The van der Waals surface area contributed by atoms with Crippen LogP contribution in [-0.2, 0) is 4.87 Å². The first-order chi connectivity index (χ1) is 7.33. The van der Waals surface area contributed by atoms with Crippen LogP contribution in [0.1, 0.15) is 12.5 Å². The number of hydrogen-bond acceptors (Lipinski definition) is 4. The normalized spacial score (nSPS) is 14.1. The van der Waals surface area contributed by atoms with E-state index in [0.717, 1.165) is 0 Å². The fraction of sp³-hybridized carbons (Fsp3) is 0.333. The fourth-order valence-corrected chi connectivity index (χ4v) is 1.49. The maximum Gasteiger partial charge on any atom is 0.269 e. The van der Waals surface area contributed by atoms with Crippen molar-refractivity contribution in [2.75, 3.05) is 6.54 Å². The summed E-state index contributed by atoms with van der Waals surface area (Å²) in [6.45, 7) is 1.06. The van der Waals surface area contributed by atoms with Gasteiger partial charge in [-0.1, -0.05) is 12.1 Å². The van der Waals surface area contributed by atoms with Gasteiger partial charge in [0, 0.05) is 17.1 Å². The highest BCUT2D eigenvalue weighted by Crippen LogP contribution is 2.29. The molecule has 6 nitrogen and oxygen atoms in total. The molecular formula is C9H9ClN2O4.